The second-order valence-electron chi connectivity index (χ2n) is 9.89. The summed E-state index contributed by atoms with van der Waals surface area (Å²) in [4.78, 5) is 26.0. The Kier molecular flexibility index (Phi) is 6.25. The molecule has 1 amide bonds. The molecule has 1 atom stereocenters. The summed E-state index contributed by atoms with van der Waals surface area (Å²) in [5, 5.41) is 2.73. The number of benzene rings is 1. The smallest absolute Gasteiger partial charge is 0.260 e. The van der Waals surface area contributed by atoms with Gasteiger partial charge >= 0.3 is 0 Å². The van der Waals surface area contributed by atoms with Crippen LogP contribution in [0.1, 0.15) is 54.6 Å². The number of hydrogen-bond acceptors (Lipinski definition) is 7. The molecule has 1 unspecified atom stereocenters. The molecule has 3 heterocycles. The molecule has 0 bridgehead atoms. The molecule has 2 saturated heterocycles. The normalized spacial score (nSPS) is 21.6. The Morgan fingerprint density at radius 3 is 2.29 bits per heavy atom. The first-order valence-electron chi connectivity index (χ1n) is 11.9. The first kappa shape index (κ1) is 24.1. The maximum absolute atomic E-state index is 13.6. The van der Waals surface area contributed by atoms with Crippen molar-refractivity contribution in [2.75, 3.05) is 41.3 Å². The Labute approximate surface area is 205 Å². The third kappa shape index (κ3) is 5.30. The fourth-order valence-corrected chi connectivity index (χ4v) is 5.36. The van der Waals surface area contributed by atoms with Gasteiger partial charge in [-0.1, -0.05) is 0 Å². The molecule has 35 heavy (non-hydrogen) atoms. The van der Waals surface area contributed by atoms with Gasteiger partial charge in [-0.05, 0) is 67.3 Å². The molecule has 1 saturated carbocycles. The van der Waals surface area contributed by atoms with Crippen molar-refractivity contribution in [1.82, 2.24) is 9.97 Å². The summed E-state index contributed by atoms with van der Waals surface area (Å²) in [5.41, 5.74) is 1.95. The number of nitrogens with one attached hydrogen (secondary N) is 1. The lowest BCUT2D eigenvalue weighted by atomic mass is 9.93. The zero-order chi connectivity index (χ0) is 24.8. The van der Waals surface area contributed by atoms with Crippen LogP contribution in [-0.4, -0.2) is 56.7 Å². The Bertz CT molecular complexity index is 1150. The number of carbonyl (C=O) groups is 1. The number of aromatic nitrogens is 2. The highest BCUT2D eigenvalue weighted by Gasteiger charge is 2.44. The van der Waals surface area contributed by atoms with Crippen LogP contribution in [0.5, 0.6) is 0 Å². The number of alkyl halides is 2. The summed E-state index contributed by atoms with van der Waals surface area (Å²) in [5.74, 6) is -2.54. The third-order valence-corrected chi connectivity index (χ3v) is 8.05. The summed E-state index contributed by atoms with van der Waals surface area (Å²) in [6.07, 6.45) is 4.04. The average Bonchev–Trinajstić information content (AvgIpc) is 3.57. The highest BCUT2D eigenvalue weighted by Crippen LogP contribution is 2.54. The molecule has 8 nitrogen and oxygen atoms in total. The fourth-order valence-electron chi connectivity index (χ4n) is 4.97. The lowest BCUT2D eigenvalue weighted by Gasteiger charge is -2.35. The minimum absolute atomic E-state index is 0.0836. The van der Waals surface area contributed by atoms with E-state index in [-0.39, 0.29) is 36.8 Å². The van der Waals surface area contributed by atoms with Crippen molar-refractivity contribution in [3.05, 3.63) is 35.5 Å². The van der Waals surface area contributed by atoms with Gasteiger partial charge in [0.15, 0.2) is 0 Å². The molecule has 2 aromatic rings. The highest BCUT2D eigenvalue weighted by molar-refractivity contribution is 7.79. The molecule has 5 rings (SSSR count). The van der Waals surface area contributed by atoms with Crippen LogP contribution < -0.4 is 15.1 Å². The van der Waals surface area contributed by atoms with Crippen molar-refractivity contribution in [3.63, 3.8) is 0 Å². The summed E-state index contributed by atoms with van der Waals surface area (Å²) in [7, 11) is 0. The van der Waals surface area contributed by atoms with Gasteiger partial charge in [-0.15, -0.1) is 0 Å². The standard InChI is InChI=1S/C24H29F2N5O3S/c1-16-14-20(31-12-8-24(25,26)9-13-31)28-22(27-16)29-21(32)18-3-2-17(35(33)34)15-19(18)30-10-6-23(4-5-23)7-11-30/h2-3,14-15H,4-13H2,1H3,(H,33,34)(H,27,28,29,32)/p-1. The summed E-state index contributed by atoms with van der Waals surface area (Å²) in [6.45, 7) is 3.63. The van der Waals surface area contributed by atoms with Gasteiger partial charge in [-0.25, -0.2) is 13.8 Å². The highest BCUT2D eigenvalue weighted by atomic mass is 32.2. The number of nitrogens with zero attached hydrogens (tertiary/aromatic N) is 4. The van der Waals surface area contributed by atoms with E-state index in [1.807, 2.05) is 0 Å². The van der Waals surface area contributed by atoms with Crippen molar-refractivity contribution in [2.45, 2.75) is 56.3 Å². The molecule has 3 fully saturated rings. The number of halogens is 2. The van der Waals surface area contributed by atoms with E-state index in [2.05, 4.69) is 20.2 Å². The second kappa shape index (κ2) is 9.09. The third-order valence-electron chi connectivity index (χ3n) is 7.41. The number of hydrogen-bond donors (Lipinski definition) is 1. The monoisotopic (exact) mass is 504 g/mol. The average molecular weight is 505 g/mol. The molecule has 1 N–H and O–H groups in total. The molecule has 11 heteroatoms. The Morgan fingerprint density at radius 1 is 1.00 bits per heavy atom. The number of amides is 1. The van der Waals surface area contributed by atoms with Crippen LogP contribution in [0, 0.1) is 12.3 Å². The minimum Gasteiger partial charge on any atom is -0.768 e. The van der Waals surface area contributed by atoms with Gasteiger partial charge in [0.25, 0.3) is 11.8 Å². The van der Waals surface area contributed by atoms with Crippen LogP contribution in [0.2, 0.25) is 0 Å². The van der Waals surface area contributed by atoms with Gasteiger partial charge in [-0.3, -0.25) is 14.3 Å². The molecule has 2 aliphatic heterocycles. The van der Waals surface area contributed by atoms with Crippen LogP contribution in [0.3, 0.4) is 0 Å². The maximum atomic E-state index is 13.6. The lowest BCUT2D eigenvalue weighted by molar-refractivity contribution is -0.0221. The summed E-state index contributed by atoms with van der Waals surface area (Å²) < 4.78 is 50.3. The van der Waals surface area contributed by atoms with Gasteiger partial charge in [-0.2, -0.15) is 4.98 Å². The van der Waals surface area contributed by atoms with E-state index in [4.69, 9.17) is 0 Å². The number of rotatable bonds is 5. The largest absolute Gasteiger partial charge is 0.768 e. The van der Waals surface area contributed by atoms with E-state index in [0.29, 0.717) is 28.2 Å². The molecule has 1 aliphatic carbocycles. The van der Waals surface area contributed by atoms with Crippen LogP contribution in [0.4, 0.5) is 26.2 Å². The van der Waals surface area contributed by atoms with Crippen LogP contribution in [0.25, 0.3) is 0 Å². The van der Waals surface area contributed by atoms with Crippen molar-refractivity contribution in [1.29, 1.82) is 0 Å². The van der Waals surface area contributed by atoms with Gasteiger partial charge in [0, 0.05) is 55.7 Å². The van der Waals surface area contributed by atoms with E-state index in [0.717, 1.165) is 25.9 Å². The first-order valence-corrected chi connectivity index (χ1v) is 13.0. The SMILES string of the molecule is Cc1cc(N2CCC(F)(F)CC2)nc(NC(=O)c2ccc(S(=O)[O-])cc2N2CCC3(CC2)CC3)n1. The molecule has 0 radical (unpaired) electrons. The summed E-state index contributed by atoms with van der Waals surface area (Å²) in [6, 6.07) is 6.18. The van der Waals surface area contributed by atoms with Crippen molar-refractivity contribution in [3.8, 4) is 0 Å². The Balaban J connectivity index is 1.37. The van der Waals surface area contributed by atoms with E-state index in [1.165, 1.54) is 25.0 Å². The fraction of sp³-hybridized carbons (Fsp3) is 0.542. The van der Waals surface area contributed by atoms with Crippen molar-refractivity contribution < 1.29 is 22.3 Å². The van der Waals surface area contributed by atoms with Gasteiger partial charge < -0.3 is 14.4 Å². The Hall–Kier alpha value is -2.66. The lowest BCUT2D eigenvalue weighted by Crippen LogP contribution is -2.40. The topological polar surface area (TPSA) is 101 Å². The molecular weight excluding hydrogens is 476 g/mol. The van der Waals surface area contributed by atoms with E-state index < -0.39 is 22.9 Å². The van der Waals surface area contributed by atoms with Crippen LogP contribution >= 0.6 is 0 Å². The molecule has 188 valence electrons. The predicted molar refractivity (Wildman–Crippen MR) is 128 cm³/mol. The second-order valence-corrected chi connectivity index (χ2v) is 10.8. The van der Waals surface area contributed by atoms with Gasteiger partial charge in [0.05, 0.1) is 11.3 Å². The minimum atomic E-state index is -2.67. The van der Waals surface area contributed by atoms with E-state index in [1.54, 1.807) is 24.0 Å². The number of aryl methyl sites for hydroxylation is 1. The van der Waals surface area contributed by atoms with Crippen molar-refractivity contribution >= 4 is 34.4 Å². The zero-order valence-corrected chi connectivity index (χ0v) is 20.4. The summed E-state index contributed by atoms with van der Waals surface area (Å²) >= 11 is -2.41. The van der Waals surface area contributed by atoms with Gasteiger partial charge in [0.1, 0.15) is 5.82 Å². The Morgan fingerprint density at radius 2 is 1.66 bits per heavy atom. The van der Waals surface area contributed by atoms with Crippen LogP contribution in [-0.2, 0) is 11.1 Å². The molecular formula is C24H28F2N5O3S-. The predicted octanol–water partition coefficient (Wildman–Crippen LogP) is 3.89. The van der Waals surface area contributed by atoms with E-state index in [9.17, 15) is 22.3 Å². The zero-order valence-electron chi connectivity index (χ0n) is 19.6. The molecule has 1 aromatic carbocycles. The van der Waals surface area contributed by atoms with Gasteiger partial charge in [0.2, 0.25) is 5.95 Å². The van der Waals surface area contributed by atoms with Crippen molar-refractivity contribution in [2.24, 2.45) is 5.41 Å². The number of piperidine rings is 2. The molecule has 1 spiro atoms. The molecule has 1 aromatic heterocycles. The van der Waals surface area contributed by atoms with Crippen LogP contribution in [0.15, 0.2) is 29.2 Å². The maximum Gasteiger partial charge on any atom is 0.260 e. The number of carbonyl (C=O) groups excluding carboxylic acids is 1. The first-order chi connectivity index (χ1) is 16.6. The molecule has 3 aliphatic rings. The number of anilines is 3. The quantitative estimate of drug-likeness (QED) is 0.617. The van der Waals surface area contributed by atoms with E-state index >= 15 is 0 Å².